The number of hydrogen-bond donors (Lipinski definition) is 1. The summed E-state index contributed by atoms with van der Waals surface area (Å²) >= 11 is 9.69. The molecule has 0 amide bonds. The highest BCUT2D eigenvalue weighted by molar-refractivity contribution is 9.10. The molecular weight excluding hydrogens is 363 g/mol. The van der Waals surface area contributed by atoms with Crippen LogP contribution in [0.25, 0.3) is 0 Å². The number of halogens is 3. The van der Waals surface area contributed by atoms with Gasteiger partial charge in [-0.2, -0.15) is 0 Å². The Labute approximate surface area is 140 Å². The van der Waals surface area contributed by atoms with Crippen LogP contribution in [0.1, 0.15) is 12.0 Å². The van der Waals surface area contributed by atoms with Crippen molar-refractivity contribution in [2.24, 2.45) is 0 Å². The molecule has 1 aromatic carbocycles. The van der Waals surface area contributed by atoms with E-state index in [0.29, 0.717) is 11.6 Å². The molecule has 0 saturated carbocycles. The fraction of sp³-hybridized carbons (Fsp3) is 0.571. The summed E-state index contributed by atoms with van der Waals surface area (Å²) in [7, 11) is 0. The number of hydrogen-bond acceptors (Lipinski definition) is 3. The average Bonchev–Trinajstić information content (AvgIpc) is 2.38. The Kier molecular flexibility index (Phi) is 8.22. The summed E-state index contributed by atoms with van der Waals surface area (Å²) in [5, 5.41) is 4.03. The van der Waals surface area contributed by atoms with Gasteiger partial charge in [0.25, 0.3) is 0 Å². The molecule has 0 spiro atoms. The summed E-state index contributed by atoms with van der Waals surface area (Å²) < 4.78 is 6.72. The maximum atomic E-state index is 6.19. The molecule has 114 valence electrons. The van der Waals surface area contributed by atoms with Gasteiger partial charge in [-0.1, -0.05) is 11.6 Å². The van der Waals surface area contributed by atoms with Crippen molar-refractivity contribution in [1.82, 2.24) is 10.2 Å². The molecule has 1 aromatic rings. The summed E-state index contributed by atoms with van der Waals surface area (Å²) in [6.07, 6.45) is 1.02. The Morgan fingerprint density at radius 1 is 1.35 bits per heavy atom. The third-order valence-corrected chi connectivity index (χ3v) is 4.09. The highest BCUT2D eigenvalue weighted by Crippen LogP contribution is 2.34. The first kappa shape index (κ1) is 18.1. The Morgan fingerprint density at radius 2 is 2.05 bits per heavy atom. The second-order valence-corrected chi connectivity index (χ2v) is 6.11. The van der Waals surface area contributed by atoms with Gasteiger partial charge in [-0.05, 0) is 47.0 Å². The molecule has 3 nitrogen and oxygen atoms in total. The predicted octanol–water partition coefficient (Wildman–Crippen LogP) is 0.0890. The van der Waals surface area contributed by atoms with Crippen molar-refractivity contribution >= 4 is 27.5 Å². The molecule has 1 saturated heterocycles. The molecule has 0 radical (unpaired) electrons. The van der Waals surface area contributed by atoms with Gasteiger partial charge in [-0.25, -0.2) is 0 Å². The van der Waals surface area contributed by atoms with Crippen LogP contribution in [0.5, 0.6) is 5.75 Å². The SMILES string of the molecule is Cc1cc(Cl)c(OCCCN2CCNCC2)c(Br)c1.[Cl-]. The quantitative estimate of drug-likeness (QED) is 0.730. The Morgan fingerprint density at radius 3 is 2.70 bits per heavy atom. The minimum absolute atomic E-state index is 0. The van der Waals surface area contributed by atoms with Crippen LogP contribution >= 0.6 is 27.5 Å². The van der Waals surface area contributed by atoms with Crippen molar-refractivity contribution in [3.05, 3.63) is 27.2 Å². The highest BCUT2D eigenvalue weighted by atomic mass is 79.9. The zero-order valence-electron chi connectivity index (χ0n) is 11.6. The number of nitrogens with zero attached hydrogens (tertiary/aromatic N) is 1. The normalized spacial score (nSPS) is 15.8. The number of rotatable bonds is 5. The second kappa shape index (κ2) is 9.11. The first-order valence-electron chi connectivity index (χ1n) is 6.68. The summed E-state index contributed by atoms with van der Waals surface area (Å²) in [6.45, 7) is 8.26. The van der Waals surface area contributed by atoms with Crippen LogP contribution in [0.3, 0.4) is 0 Å². The third-order valence-electron chi connectivity index (χ3n) is 3.22. The van der Waals surface area contributed by atoms with Crippen LogP contribution in [-0.2, 0) is 0 Å². The van der Waals surface area contributed by atoms with E-state index in [1.165, 1.54) is 0 Å². The van der Waals surface area contributed by atoms with Crippen molar-refractivity contribution in [2.45, 2.75) is 13.3 Å². The lowest BCUT2D eigenvalue weighted by atomic mass is 10.2. The fourth-order valence-corrected chi connectivity index (χ4v) is 3.35. The van der Waals surface area contributed by atoms with Crippen molar-refractivity contribution in [2.75, 3.05) is 39.3 Å². The smallest absolute Gasteiger partial charge is 0.152 e. The largest absolute Gasteiger partial charge is 1.00 e. The topological polar surface area (TPSA) is 24.5 Å². The highest BCUT2D eigenvalue weighted by Gasteiger charge is 2.10. The van der Waals surface area contributed by atoms with Gasteiger partial charge in [-0.15, -0.1) is 0 Å². The van der Waals surface area contributed by atoms with E-state index in [4.69, 9.17) is 16.3 Å². The van der Waals surface area contributed by atoms with Gasteiger partial charge in [0.1, 0.15) is 0 Å². The minimum atomic E-state index is 0. The standard InChI is InChI=1S/C14H20BrClN2O.ClH/c1-11-9-12(15)14(13(16)10-11)19-8-2-5-18-6-3-17-4-7-18;/h9-10,17H,2-8H2,1H3;1H/p-1. The van der Waals surface area contributed by atoms with Crippen LogP contribution in [0.15, 0.2) is 16.6 Å². The minimum Gasteiger partial charge on any atom is -1.00 e. The molecule has 0 aliphatic carbocycles. The maximum Gasteiger partial charge on any atom is 0.152 e. The van der Waals surface area contributed by atoms with Crippen molar-refractivity contribution in [1.29, 1.82) is 0 Å². The second-order valence-electron chi connectivity index (χ2n) is 4.85. The zero-order valence-corrected chi connectivity index (χ0v) is 14.7. The first-order valence-corrected chi connectivity index (χ1v) is 7.85. The van der Waals surface area contributed by atoms with Crippen LogP contribution in [0, 0.1) is 6.92 Å². The first-order chi connectivity index (χ1) is 9.16. The molecule has 1 aliphatic heterocycles. The molecule has 0 aromatic heterocycles. The molecule has 20 heavy (non-hydrogen) atoms. The number of nitrogens with one attached hydrogen (secondary N) is 1. The molecule has 1 heterocycles. The summed E-state index contributed by atoms with van der Waals surface area (Å²) in [6, 6.07) is 3.95. The third kappa shape index (κ3) is 5.41. The lowest BCUT2D eigenvalue weighted by Crippen LogP contribution is -3.00. The molecule has 0 atom stereocenters. The Bertz CT molecular complexity index is 403. The van der Waals surface area contributed by atoms with E-state index in [9.17, 15) is 0 Å². The molecule has 2 rings (SSSR count). The van der Waals surface area contributed by atoms with Crippen molar-refractivity contribution < 1.29 is 17.1 Å². The van der Waals surface area contributed by atoms with E-state index in [1.807, 2.05) is 19.1 Å². The number of benzene rings is 1. The molecule has 6 heteroatoms. The Balaban J connectivity index is 0.00000200. The number of piperazine rings is 1. The van der Waals surface area contributed by atoms with Gasteiger partial charge >= 0.3 is 0 Å². The van der Waals surface area contributed by atoms with E-state index in [2.05, 4.69) is 26.1 Å². The summed E-state index contributed by atoms with van der Waals surface area (Å²) in [4.78, 5) is 2.46. The molecular formula is C14H20BrCl2N2O-. The summed E-state index contributed by atoms with van der Waals surface area (Å²) in [5.74, 6) is 0.757. The summed E-state index contributed by atoms with van der Waals surface area (Å²) in [5.41, 5.74) is 1.13. The van der Waals surface area contributed by atoms with Gasteiger partial charge in [0.2, 0.25) is 0 Å². The molecule has 1 aliphatic rings. The van der Waals surface area contributed by atoms with Gasteiger partial charge in [-0.3, -0.25) is 0 Å². The van der Waals surface area contributed by atoms with Gasteiger partial charge < -0.3 is 27.4 Å². The fourth-order valence-electron chi connectivity index (χ4n) is 2.22. The predicted molar refractivity (Wildman–Crippen MR) is 83.3 cm³/mol. The molecule has 1 N–H and O–H groups in total. The lowest BCUT2D eigenvalue weighted by molar-refractivity contribution is -0.00000425. The Hall–Kier alpha value is -0.0000000000000000555. The van der Waals surface area contributed by atoms with Gasteiger partial charge in [0, 0.05) is 32.7 Å². The van der Waals surface area contributed by atoms with E-state index >= 15 is 0 Å². The molecule has 0 unspecified atom stereocenters. The zero-order chi connectivity index (χ0) is 13.7. The van der Waals surface area contributed by atoms with Gasteiger partial charge in [0.05, 0.1) is 16.1 Å². The monoisotopic (exact) mass is 381 g/mol. The van der Waals surface area contributed by atoms with E-state index < -0.39 is 0 Å². The van der Waals surface area contributed by atoms with Crippen LogP contribution < -0.4 is 22.5 Å². The average molecular weight is 383 g/mol. The van der Waals surface area contributed by atoms with Crippen LogP contribution in [-0.4, -0.2) is 44.2 Å². The van der Waals surface area contributed by atoms with E-state index in [-0.39, 0.29) is 12.4 Å². The van der Waals surface area contributed by atoms with Crippen LogP contribution in [0.4, 0.5) is 0 Å². The van der Waals surface area contributed by atoms with Crippen molar-refractivity contribution in [3.8, 4) is 5.75 Å². The molecule has 0 bridgehead atoms. The maximum absolute atomic E-state index is 6.19. The van der Waals surface area contributed by atoms with E-state index in [1.54, 1.807) is 0 Å². The lowest BCUT2D eigenvalue weighted by Gasteiger charge is -2.27. The van der Waals surface area contributed by atoms with Crippen molar-refractivity contribution in [3.63, 3.8) is 0 Å². The number of aryl methyl sites for hydroxylation is 1. The van der Waals surface area contributed by atoms with E-state index in [0.717, 1.165) is 54.9 Å². The van der Waals surface area contributed by atoms with Gasteiger partial charge in [0.15, 0.2) is 5.75 Å². The van der Waals surface area contributed by atoms with Crippen LogP contribution in [0.2, 0.25) is 5.02 Å². The number of ether oxygens (including phenoxy) is 1. The molecule has 1 fully saturated rings.